The van der Waals surface area contributed by atoms with Gasteiger partial charge in [-0.25, -0.2) is 0 Å². The molecule has 2 rings (SSSR count). The van der Waals surface area contributed by atoms with Gasteiger partial charge < -0.3 is 5.32 Å². The topological polar surface area (TPSA) is 24.9 Å². The average molecular weight is 297 g/mol. The summed E-state index contributed by atoms with van der Waals surface area (Å²) < 4.78 is 0. The standard InChI is InChI=1S/C15H18Cl2N2/c1-2-15(10-16,11-17)19-9-12-7-13-5-3-4-6-14(13)18-8-12/h3-8,19H,2,9-11H2,1H3. The Balaban J connectivity index is 2.13. The fraction of sp³-hybridized carbons (Fsp3) is 0.400. The molecule has 0 radical (unpaired) electrons. The first-order chi connectivity index (χ1) is 9.23. The van der Waals surface area contributed by atoms with Crippen molar-refractivity contribution in [3.8, 4) is 0 Å². The molecule has 0 spiro atoms. The predicted octanol–water partition coefficient (Wildman–Crippen LogP) is 3.95. The Labute approximate surface area is 124 Å². The summed E-state index contributed by atoms with van der Waals surface area (Å²) in [6, 6.07) is 10.3. The van der Waals surface area contributed by atoms with E-state index in [0.717, 1.165) is 29.4 Å². The second-order valence-corrected chi connectivity index (χ2v) is 5.33. The average Bonchev–Trinajstić information content (AvgIpc) is 2.49. The van der Waals surface area contributed by atoms with E-state index >= 15 is 0 Å². The molecule has 0 aliphatic rings. The van der Waals surface area contributed by atoms with Crippen LogP contribution in [0.15, 0.2) is 36.5 Å². The molecule has 0 fully saturated rings. The third-order valence-electron chi connectivity index (χ3n) is 3.50. The lowest BCUT2D eigenvalue weighted by Crippen LogP contribution is -2.47. The Morgan fingerprint density at radius 2 is 1.95 bits per heavy atom. The molecule has 0 saturated heterocycles. The van der Waals surface area contributed by atoms with Crippen LogP contribution in [-0.4, -0.2) is 22.3 Å². The van der Waals surface area contributed by atoms with Gasteiger partial charge in [-0.2, -0.15) is 0 Å². The van der Waals surface area contributed by atoms with Gasteiger partial charge in [0.2, 0.25) is 0 Å². The molecule has 2 aromatic rings. The normalized spacial score (nSPS) is 11.9. The first kappa shape index (κ1) is 14.6. The lowest BCUT2D eigenvalue weighted by Gasteiger charge is -2.29. The summed E-state index contributed by atoms with van der Waals surface area (Å²) in [7, 11) is 0. The number of rotatable bonds is 6. The van der Waals surface area contributed by atoms with Crippen LogP contribution in [0.2, 0.25) is 0 Å². The lowest BCUT2D eigenvalue weighted by atomic mass is 10.0. The van der Waals surface area contributed by atoms with Crippen LogP contribution in [0, 0.1) is 0 Å². The van der Waals surface area contributed by atoms with E-state index in [4.69, 9.17) is 23.2 Å². The summed E-state index contributed by atoms with van der Waals surface area (Å²) >= 11 is 12.0. The van der Waals surface area contributed by atoms with Crippen LogP contribution in [0.1, 0.15) is 18.9 Å². The van der Waals surface area contributed by atoms with E-state index in [-0.39, 0.29) is 5.54 Å². The number of hydrogen-bond acceptors (Lipinski definition) is 2. The van der Waals surface area contributed by atoms with Crippen LogP contribution < -0.4 is 5.32 Å². The van der Waals surface area contributed by atoms with Crippen LogP contribution in [0.4, 0.5) is 0 Å². The van der Waals surface area contributed by atoms with Gasteiger partial charge in [-0.05, 0) is 24.1 Å². The molecule has 2 nitrogen and oxygen atoms in total. The van der Waals surface area contributed by atoms with Crippen molar-refractivity contribution in [2.45, 2.75) is 25.4 Å². The lowest BCUT2D eigenvalue weighted by molar-refractivity contribution is 0.384. The van der Waals surface area contributed by atoms with Crippen LogP contribution in [0.3, 0.4) is 0 Å². The van der Waals surface area contributed by atoms with Gasteiger partial charge in [0, 0.05) is 35.4 Å². The van der Waals surface area contributed by atoms with E-state index in [9.17, 15) is 0 Å². The molecule has 1 heterocycles. The molecule has 0 bridgehead atoms. The van der Waals surface area contributed by atoms with Crippen molar-refractivity contribution in [1.82, 2.24) is 10.3 Å². The molecule has 102 valence electrons. The van der Waals surface area contributed by atoms with Gasteiger partial charge in [0.05, 0.1) is 5.52 Å². The molecular weight excluding hydrogens is 279 g/mol. The van der Waals surface area contributed by atoms with Gasteiger partial charge in [-0.15, -0.1) is 23.2 Å². The molecule has 0 saturated carbocycles. The molecule has 0 atom stereocenters. The number of para-hydroxylation sites is 1. The summed E-state index contributed by atoms with van der Waals surface area (Å²) in [5.41, 5.74) is 1.96. The first-order valence-corrected chi connectivity index (χ1v) is 7.50. The van der Waals surface area contributed by atoms with E-state index in [2.05, 4.69) is 29.4 Å². The fourth-order valence-electron chi connectivity index (χ4n) is 1.95. The summed E-state index contributed by atoms with van der Waals surface area (Å²) in [6.07, 6.45) is 2.80. The molecule has 1 N–H and O–H groups in total. The second-order valence-electron chi connectivity index (χ2n) is 4.79. The Kier molecular flexibility index (Phi) is 5.03. The molecular formula is C15H18Cl2N2. The Morgan fingerprint density at radius 3 is 2.63 bits per heavy atom. The number of hydrogen-bond donors (Lipinski definition) is 1. The van der Waals surface area contributed by atoms with E-state index < -0.39 is 0 Å². The SMILES string of the molecule is CCC(CCl)(CCl)NCc1cnc2ccccc2c1. The van der Waals surface area contributed by atoms with E-state index in [0.29, 0.717) is 11.8 Å². The van der Waals surface area contributed by atoms with Crippen molar-refractivity contribution < 1.29 is 0 Å². The van der Waals surface area contributed by atoms with Crippen molar-refractivity contribution in [1.29, 1.82) is 0 Å². The zero-order valence-electron chi connectivity index (χ0n) is 11.0. The minimum Gasteiger partial charge on any atom is -0.305 e. The zero-order chi connectivity index (χ0) is 13.7. The minimum atomic E-state index is -0.200. The highest BCUT2D eigenvalue weighted by Gasteiger charge is 2.25. The maximum absolute atomic E-state index is 6.02. The van der Waals surface area contributed by atoms with Gasteiger partial charge in [0.15, 0.2) is 0 Å². The van der Waals surface area contributed by atoms with Crippen molar-refractivity contribution >= 4 is 34.1 Å². The highest BCUT2D eigenvalue weighted by molar-refractivity contribution is 6.22. The third-order valence-corrected chi connectivity index (χ3v) is 4.53. The van der Waals surface area contributed by atoms with Crippen LogP contribution >= 0.6 is 23.2 Å². The van der Waals surface area contributed by atoms with Crippen LogP contribution in [-0.2, 0) is 6.54 Å². The second kappa shape index (κ2) is 6.56. The van der Waals surface area contributed by atoms with Crippen LogP contribution in [0.25, 0.3) is 10.9 Å². The van der Waals surface area contributed by atoms with E-state index in [1.54, 1.807) is 0 Å². The van der Waals surface area contributed by atoms with Gasteiger partial charge >= 0.3 is 0 Å². The number of aromatic nitrogens is 1. The van der Waals surface area contributed by atoms with E-state index in [1.807, 2.05) is 24.4 Å². The Morgan fingerprint density at radius 1 is 1.21 bits per heavy atom. The van der Waals surface area contributed by atoms with Gasteiger partial charge in [0.1, 0.15) is 0 Å². The third kappa shape index (κ3) is 3.38. The van der Waals surface area contributed by atoms with Gasteiger partial charge in [-0.1, -0.05) is 25.1 Å². The molecule has 0 unspecified atom stereocenters. The fourth-order valence-corrected chi connectivity index (χ4v) is 2.80. The molecule has 0 aliphatic carbocycles. The number of halogens is 2. The molecule has 19 heavy (non-hydrogen) atoms. The zero-order valence-corrected chi connectivity index (χ0v) is 12.5. The summed E-state index contributed by atoms with van der Waals surface area (Å²) in [5.74, 6) is 1.02. The van der Waals surface area contributed by atoms with Crippen molar-refractivity contribution in [3.05, 3.63) is 42.1 Å². The van der Waals surface area contributed by atoms with Crippen molar-refractivity contribution in [2.24, 2.45) is 0 Å². The number of benzene rings is 1. The summed E-state index contributed by atoms with van der Waals surface area (Å²) in [6.45, 7) is 2.82. The summed E-state index contributed by atoms with van der Waals surface area (Å²) in [5, 5.41) is 4.61. The highest BCUT2D eigenvalue weighted by atomic mass is 35.5. The number of alkyl halides is 2. The largest absolute Gasteiger partial charge is 0.305 e. The number of fused-ring (bicyclic) bond motifs is 1. The predicted molar refractivity (Wildman–Crippen MR) is 83.0 cm³/mol. The minimum absolute atomic E-state index is 0.200. The first-order valence-electron chi connectivity index (χ1n) is 6.43. The van der Waals surface area contributed by atoms with Gasteiger partial charge in [0.25, 0.3) is 0 Å². The summed E-state index contributed by atoms with van der Waals surface area (Å²) in [4.78, 5) is 4.45. The maximum Gasteiger partial charge on any atom is 0.0702 e. The highest BCUT2D eigenvalue weighted by Crippen LogP contribution is 2.17. The Bertz CT molecular complexity index is 530. The van der Waals surface area contributed by atoms with Crippen LogP contribution in [0.5, 0.6) is 0 Å². The molecule has 4 heteroatoms. The number of nitrogens with one attached hydrogen (secondary N) is 1. The quantitative estimate of drug-likeness (QED) is 0.817. The molecule has 1 aromatic heterocycles. The Hall–Kier alpha value is -0.830. The molecule has 1 aromatic carbocycles. The number of nitrogens with zero attached hydrogens (tertiary/aromatic N) is 1. The van der Waals surface area contributed by atoms with Crippen molar-refractivity contribution in [2.75, 3.05) is 11.8 Å². The molecule has 0 amide bonds. The van der Waals surface area contributed by atoms with E-state index in [1.165, 1.54) is 0 Å². The maximum atomic E-state index is 6.02. The smallest absolute Gasteiger partial charge is 0.0702 e. The monoisotopic (exact) mass is 296 g/mol. The van der Waals surface area contributed by atoms with Gasteiger partial charge in [-0.3, -0.25) is 4.98 Å². The van der Waals surface area contributed by atoms with Crippen molar-refractivity contribution in [3.63, 3.8) is 0 Å². The molecule has 0 aliphatic heterocycles. The number of pyridine rings is 1.